The minimum atomic E-state index is -0.411. The number of benzene rings is 1. The van der Waals surface area contributed by atoms with Crippen molar-refractivity contribution in [2.24, 2.45) is 5.73 Å². The van der Waals surface area contributed by atoms with Gasteiger partial charge in [0.05, 0.1) is 10.6 Å². The molecule has 0 aliphatic heterocycles. The Kier molecular flexibility index (Phi) is 4.45. The molecule has 2 rings (SSSR count). The Bertz CT molecular complexity index is 562. The number of aromatic nitrogens is 1. The molecule has 0 amide bonds. The molecule has 0 fully saturated rings. The van der Waals surface area contributed by atoms with Gasteiger partial charge in [-0.2, -0.15) is 0 Å². The third-order valence-electron chi connectivity index (χ3n) is 3.02. The molecule has 5 heteroatoms. The van der Waals surface area contributed by atoms with Crippen molar-refractivity contribution in [3.05, 3.63) is 57.7 Å². The van der Waals surface area contributed by atoms with Crippen LogP contribution in [0.2, 0.25) is 5.02 Å². The normalized spacial score (nSPS) is 13.9. The second-order valence-corrected chi connectivity index (χ2v) is 5.83. The summed E-state index contributed by atoms with van der Waals surface area (Å²) in [6, 6.07) is 11.8. The van der Waals surface area contributed by atoms with Crippen LogP contribution in [0.15, 0.2) is 47.1 Å². The van der Waals surface area contributed by atoms with Gasteiger partial charge in [-0.25, -0.2) is 4.98 Å². The summed E-state index contributed by atoms with van der Waals surface area (Å²) in [5.74, 6) is 0.627. The lowest BCUT2D eigenvalue weighted by Gasteiger charge is -2.31. The van der Waals surface area contributed by atoms with E-state index in [9.17, 15) is 0 Å². The molecule has 1 aromatic heterocycles. The van der Waals surface area contributed by atoms with Crippen molar-refractivity contribution in [3.8, 4) is 0 Å². The van der Waals surface area contributed by atoms with Crippen molar-refractivity contribution in [2.45, 2.75) is 12.5 Å². The zero-order valence-electron chi connectivity index (χ0n) is 10.5. The zero-order valence-corrected chi connectivity index (χ0v) is 12.9. The van der Waals surface area contributed by atoms with Crippen LogP contribution in [0.4, 0.5) is 5.82 Å². The van der Waals surface area contributed by atoms with Gasteiger partial charge in [0.2, 0.25) is 0 Å². The van der Waals surface area contributed by atoms with E-state index in [1.807, 2.05) is 37.3 Å². The topological polar surface area (TPSA) is 50.9 Å². The van der Waals surface area contributed by atoms with Crippen molar-refractivity contribution in [1.29, 1.82) is 0 Å². The molecule has 19 heavy (non-hydrogen) atoms. The van der Waals surface area contributed by atoms with Gasteiger partial charge in [-0.05, 0) is 34.5 Å². The fourth-order valence-electron chi connectivity index (χ4n) is 1.81. The summed E-state index contributed by atoms with van der Waals surface area (Å²) >= 11 is 9.52. The number of hydrogen-bond donors (Lipinski definition) is 2. The molecule has 2 aromatic rings. The molecule has 1 unspecified atom stereocenters. The molecule has 1 atom stereocenters. The van der Waals surface area contributed by atoms with Crippen molar-refractivity contribution < 1.29 is 0 Å². The Morgan fingerprint density at radius 1 is 1.37 bits per heavy atom. The van der Waals surface area contributed by atoms with Gasteiger partial charge in [-0.3, -0.25) is 0 Å². The van der Waals surface area contributed by atoms with E-state index in [1.54, 1.807) is 12.3 Å². The van der Waals surface area contributed by atoms with Crippen LogP contribution in [0.25, 0.3) is 0 Å². The molecule has 0 saturated carbocycles. The highest BCUT2D eigenvalue weighted by atomic mass is 79.9. The van der Waals surface area contributed by atoms with Crippen molar-refractivity contribution >= 4 is 33.3 Å². The quantitative estimate of drug-likeness (QED) is 0.890. The maximum Gasteiger partial charge on any atom is 0.145 e. The number of hydrogen-bond acceptors (Lipinski definition) is 3. The van der Waals surface area contributed by atoms with E-state index in [-0.39, 0.29) is 0 Å². The SMILES string of the molecule is CC(CN)(Nc1ncc(Br)cc1Cl)c1ccccc1. The summed E-state index contributed by atoms with van der Waals surface area (Å²) in [6.07, 6.45) is 1.70. The highest BCUT2D eigenvalue weighted by molar-refractivity contribution is 9.10. The Morgan fingerprint density at radius 3 is 2.63 bits per heavy atom. The molecule has 0 bridgehead atoms. The third kappa shape index (κ3) is 3.26. The summed E-state index contributed by atoms with van der Waals surface area (Å²) in [5, 5.41) is 3.89. The minimum Gasteiger partial charge on any atom is -0.358 e. The molecule has 100 valence electrons. The van der Waals surface area contributed by atoms with Gasteiger partial charge in [-0.1, -0.05) is 41.9 Å². The Morgan fingerprint density at radius 2 is 2.05 bits per heavy atom. The highest BCUT2D eigenvalue weighted by Crippen LogP contribution is 2.29. The smallest absolute Gasteiger partial charge is 0.145 e. The van der Waals surface area contributed by atoms with Crippen LogP contribution in [0.5, 0.6) is 0 Å². The first-order valence-corrected chi connectivity index (χ1v) is 7.07. The van der Waals surface area contributed by atoms with E-state index in [2.05, 4.69) is 26.2 Å². The van der Waals surface area contributed by atoms with Gasteiger partial charge in [0.15, 0.2) is 0 Å². The molecule has 0 aliphatic carbocycles. The Balaban J connectivity index is 2.33. The number of pyridine rings is 1. The second kappa shape index (κ2) is 5.90. The standard InChI is InChI=1S/C14H15BrClN3/c1-14(9-17,10-5-3-2-4-6-10)19-13-12(16)7-11(15)8-18-13/h2-8H,9,17H2,1H3,(H,18,19). The summed E-state index contributed by atoms with van der Waals surface area (Å²) in [4.78, 5) is 4.29. The summed E-state index contributed by atoms with van der Waals surface area (Å²) in [5.41, 5.74) is 6.61. The fourth-order valence-corrected chi connectivity index (χ4v) is 2.49. The Labute approximate surface area is 126 Å². The second-order valence-electron chi connectivity index (χ2n) is 4.51. The van der Waals surface area contributed by atoms with Gasteiger partial charge >= 0.3 is 0 Å². The predicted molar refractivity (Wildman–Crippen MR) is 83.4 cm³/mol. The van der Waals surface area contributed by atoms with Gasteiger partial charge in [0.1, 0.15) is 5.82 Å². The number of nitrogens with one attached hydrogen (secondary N) is 1. The molecule has 0 spiro atoms. The highest BCUT2D eigenvalue weighted by Gasteiger charge is 2.25. The lowest BCUT2D eigenvalue weighted by Crippen LogP contribution is -2.40. The lowest BCUT2D eigenvalue weighted by molar-refractivity contribution is 0.554. The molecular formula is C14H15BrClN3. The van der Waals surface area contributed by atoms with Crippen LogP contribution in [0.1, 0.15) is 12.5 Å². The average Bonchev–Trinajstić information content (AvgIpc) is 2.43. The third-order valence-corrected chi connectivity index (χ3v) is 3.74. The Hall–Kier alpha value is -1.10. The van der Waals surface area contributed by atoms with E-state index in [0.717, 1.165) is 10.0 Å². The average molecular weight is 341 g/mol. The van der Waals surface area contributed by atoms with Crippen LogP contribution in [0, 0.1) is 0 Å². The van der Waals surface area contributed by atoms with Crippen molar-refractivity contribution in [3.63, 3.8) is 0 Å². The lowest BCUT2D eigenvalue weighted by atomic mass is 9.92. The van der Waals surface area contributed by atoms with Crippen LogP contribution in [-0.4, -0.2) is 11.5 Å². The van der Waals surface area contributed by atoms with E-state index < -0.39 is 5.54 Å². The molecular weight excluding hydrogens is 326 g/mol. The zero-order chi connectivity index (χ0) is 13.9. The van der Waals surface area contributed by atoms with Gasteiger partial charge in [0, 0.05) is 17.2 Å². The molecule has 0 saturated heterocycles. The molecule has 0 aliphatic rings. The maximum absolute atomic E-state index is 6.18. The monoisotopic (exact) mass is 339 g/mol. The van der Waals surface area contributed by atoms with Gasteiger partial charge in [-0.15, -0.1) is 0 Å². The molecule has 1 heterocycles. The van der Waals surface area contributed by atoms with Crippen LogP contribution < -0.4 is 11.1 Å². The first-order chi connectivity index (χ1) is 9.05. The van der Waals surface area contributed by atoms with Gasteiger partial charge < -0.3 is 11.1 Å². The predicted octanol–water partition coefficient (Wildman–Crippen LogP) is 3.78. The summed E-state index contributed by atoms with van der Waals surface area (Å²) < 4.78 is 0.845. The largest absolute Gasteiger partial charge is 0.358 e. The van der Waals surface area contributed by atoms with Gasteiger partial charge in [0.25, 0.3) is 0 Å². The molecule has 0 radical (unpaired) electrons. The van der Waals surface area contributed by atoms with E-state index >= 15 is 0 Å². The van der Waals surface area contributed by atoms with Crippen LogP contribution in [0.3, 0.4) is 0 Å². The molecule has 1 aromatic carbocycles. The maximum atomic E-state index is 6.18. The van der Waals surface area contributed by atoms with E-state index in [0.29, 0.717) is 17.4 Å². The fraction of sp³-hybridized carbons (Fsp3) is 0.214. The molecule has 3 nitrogen and oxygen atoms in total. The number of nitrogens with two attached hydrogens (primary N) is 1. The molecule has 3 N–H and O–H groups in total. The summed E-state index contributed by atoms with van der Waals surface area (Å²) in [6.45, 7) is 2.47. The van der Waals surface area contributed by atoms with Crippen molar-refractivity contribution in [2.75, 3.05) is 11.9 Å². The number of nitrogens with zero attached hydrogens (tertiary/aromatic N) is 1. The van der Waals surface area contributed by atoms with Crippen molar-refractivity contribution in [1.82, 2.24) is 4.98 Å². The minimum absolute atomic E-state index is 0.411. The van der Waals surface area contributed by atoms with E-state index in [1.165, 1.54) is 0 Å². The summed E-state index contributed by atoms with van der Waals surface area (Å²) in [7, 11) is 0. The first kappa shape index (κ1) is 14.3. The first-order valence-electron chi connectivity index (χ1n) is 5.90. The number of anilines is 1. The van der Waals surface area contributed by atoms with Crippen LogP contribution >= 0.6 is 27.5 Å². The number of rotatable bonds is 4. The van der Waals surface area contributed by atoms with Crippen LogP contribution in [-0.2, 0) is 5.54 Å². The van der Waals surface area contributed by atoms with E-state index in [4.69, 9.17) is 17.3 Å². The number of halogens is 2.